The van der Waals surface area contributed by atoms with E-state index in [1.54, 1.807) is 30.3 Å². The number of ether oxygens (including phenoxy) is 2. The molecule has 3 aromatic rings. The first-order chi connectivity index (χ1) is 15.8. The van der Waals surface area contributed by atoms with Gasteiger partial charge in [-0.2, -0.15) is 5.26 Å². The van der Waals surface area contributed by atoms with Crippen LogP contribution in [0.3, 0.4) is 0 Å². The fourth-order valence-electron chi connectivity index (χ4n) is 3.54. The summed E-state index contributed by atoms with van der Waals surface area (Å²) in [7, 11) is 0. The molecule has 0 fully saturated rings. The number of ketones is 1. The van der Waals surface area contributed by atoms with Crippen molar-refractivity contribution in [3.8, 4) is 29.1 Å². The number of carbonyl (C=O) groups is 1. The van der Waals surface area contributed by atoms with Gasteiger partial charge >= 0.3 is 5.63 Å². The number of Topliss-reactive ketones (excluding diaryl/α,β-unsaturated/α-hetero) is 1. The zero-order valence-electron chi connectivity index (χ0n) is 18.7. The zero-order chi connectivity index (χ0) is 24.1. The number of phenols is 1. The Balaban J connectivity index is 1.74. The standard InChI is InChI=1S/C25H25NO7/c1-4-6-17-19(10-9-16(15(3)27)23(17)28)32-14(2)11-12-31-20-7-5-8-21-22(20)24(29)18(13-26)25(30)33-21/h5,7-10,14,28-29H,4,6,11-12H2,1-3H3. The number of nitrogens with zero attached hydrogens (tertiary/aromatic N) is 1. The molecule has 2 N–H and O–H groups in total. The summed E-state index contributed by atoms with van der Waals surface area (Å²) in [6, 6.07) is 9.60. The van der Waals surface area contributed by atoms with Crippen molar-refractivity contribution in [1.82, 2.24) is 0 Å². The van der Waals surface area contributed by atoms with Crippen molar-refractivity contribution < 1.29 is 28.9 Å². The molecule has 172 valence electrons. The number of hydrogen-bond donors (Lipinski definition) is 2. The van der Waals surface area contributed by atoms with Crippen LogP contribution in [0.1, 0.15) is 55.1 Å². The molecule has 0 aliphatic rings. The third kappa shape index (κ3) is 4.93. The fourth-order valence-corrected chi connectivity index (χ4v) is 3.54. The molecule has 33 heavy (non-hydrogen) atoms. The lowest BCUT2D eigenvalue weighted by atomic mass is 10.0. The molecule has 0 radical (unpaired) electrons. The van der Waals surface area contributed by atoms with Crippen molar-refractivity contribution in [3.05, 3.63) is 57.4 Å². The van der Waals surface area contributed by atoms with E-state index in [4.69, 9.17) is 19.2 Å². The number of phenolic OH excluding ortho intramolecular Hbond substituents is 1. The maximum Gasteiger partial charge on any atom is 0.358 e. The largest absolute Gasteiger partial charge is 0.507 e. The molecule has 0 amide bonds. The van der Waals surface area contributed by atoms with Crippen LogP contribution in [0.2, 0.25) is 0 Å². The Bertz CT molecular complexity index is 1290. The summed E-state index contributed by atoms with van der Waals surface area (Å²) in [6.45, 7) is 5.44. The molecule has 8 nitrogen and oxygen atoms in total. The van der Waals surface area contributed by atoms with E-state index >= 15 is 0 Å². The topological polar surface area (TPSA) is 130 Å². The Kier molecular flexibility index (Phi) is 7.23. The Morgan fingerprint density at radius 3 is 2.61 bits per heavy atom. The molecule has 1 unspecified atom stereocenters. The molecule has 0 saturated heterocycles. The van der Waals surface area contributed by atoms with E-state index in [2.05, 4.69) is 0 Å². The van der Waals surface area contributed by atoms with Crippen molar-refractivity contribution in [2.75, 3.05) is 6.61 Å². The SMILES string of the molecule is CCCc1c(OC(C)CCOc2cccc3oc(=O)c(C#N)c(O)c23)ccc(C(C)=O)c1O. The number of carbonyl (C=O) groups excluding carboxylic acids is 1. The minimum absolute atomic E-state index is 0.0497. The maximum atomic E-state index is 11.8. The minimum atomic E-state index is -0.913. The van der Waals surface area contributed by atoms with Crippen molar-refractivity contribution in [1.29, 1.82) is 5.26 Å². The Hall–Kier alpha value is -3.99. The Labute approximate surface area is 190 Å². The highest BCUT2D eigenvalue weighted by Gasteiger charge is 2.19. The highest BCUT2D eigenvalue weighted by atomic mass is 16.5. The van der Waals surface area contributed by atoms with Gasteiger partial charge in [0.05, 0.1) is 18.3 Å². The fraction of sp³-hybridized carbons (Fsp3) is 0.320. The molecule has 0 spiro atoms. The normalized spacial score (nSPS) is 11.7. The molecular formula is C25H25NO7. The molecule has 0 aliphatic carbocycles. The second kappa shape index (κ2) is 10.1. The predicted octanol–water partition coefficient (Wildman–Crippen LogP) is 4.47. The summed E-state index contributed by atoms with van der Waals surface area (Å²) in [5.41, 5.74) is -0.420. The third-order valence-corrected chi connectivity index (χ3v) is 5.21. The molecule has 8 heteroatoms. The van der Waals surface area contributed by atoms with Crippen LogP contribution in [-0.4, -0.2) is 28.7 Å². The second-order valence-corrected chi connectivity index (χ2v) is 7.66. The van der Waals surface area contributed by atoms with Crippen LogP contribution in [0.4, 0.5) is 0 Å². The quantitative estimate of drug-likeness (QED) is 0.360. The summed E-state index contributed by atoms with van der Waals surface area (Å²) in [4.78, 5) is 23.5. The molecule has 2 aromatic carbocycles. The smallest absolute Gasteiger partial charge is 0.358 e. The van der Waals surface area contributed by atoms with Crippen LogP contribution in [0.25, 0.3) is 11.0 Å². The minimum Gasteiger partial charge on any atom is -0.507 e. The summed E-state index contributed by atoms with van der Waals surface area (Å²) >= 11 is 0. The molecule has 1 aromatic heterocycles. The lowest BCUT2D eigenvalue weighted by Crippen LogP contribution is -2.17. The van der Waals surface area contributed by atoms with Gasteiger partial charge in [-0.1, -0.05) is 19.4 Å². The van der Waals surface area contributed by atoms with Crippen LogP contribution in [-0.2, 0) is 6.42 Å². The van der Waals surface area contributed by atoms with Crippen molar-refractivity contribution >= 4 is 16.8 Å². The molecular weight excluding hydrogens is 426 g/mol. The number of hydrogen-bond acceptors (Lipinski definition) is 8. The second-order valence-electron chi connectivity index (χ2n) is 7.66. The van der Waals surface area contributed by atoms with E-state index in [1.807, 2.05) is 13.8 Å². The summed E-state index contributed by atoms with van der Waals surface area (Å²) < 4.78 is 16.9. The summed E-state index contributed by atoms with van der Waals surface area (Å²) in [5, 5.41) is 30.1. The van der Waals surface area contributed by atoms with E-state index in [-0.39, 0.29) is 46.5 Å². The highest BCUT2D eigenvalue weighted by Crippen LogP contribution is 2.35. The van der Waals surface area contributed by atoms with Crippen molar-refractivity contribution in [3.63, 3.8) is 0 Å². The number of aromatic hydroxyl groups is 2. The van der Waals surface area contributed by atoms with E-state index in [0.29, 0.717) is 24.2 Å². The first-order valence-corrected chi connectivity index (χ1v) is 10.6. The first kappa shape index (κ1) is 23.7. The monoisotopic (exact) mass is 451 g/mol. The van der Waals surface area contributed by atoms with E-state index < -0.39 is 16.9 Å². The van der Waals surface area contributed by atoms with E-state index in [9.17, 15) is 19.8 Å². The molecule has 3 rings (SSSR count). The number of nitriles is 1. The van der Waals surface area contributed by atoms with Gasteiger partial charge in [-0.25, -0.2) is 4.79 Å². The molecule has 1 atom stereocenters. The lowest BCUT2D eigenvalue weighted by molar-refractivity contribution is 0.101. The van der Waals surface area contributed by atoms with Crippen LogP contribution in [0.5, 0.6) is 23.0 Å². The van der Waals surface area contributed by atoms with Crippen LogP contribution < -0.4 is 15.1 Å². The summed E-state index contributed by atoms with van der Waals surface area (Å²) in [6.07, 6.45) is 1.50. The van der Waals surface area contributed by atoms with Crippen LogP contribution >= 0.6 is 0 Å². The van der Waals surface area contributed by atoms with Gasteiger partial charge in [0.25, 0.3) is 0 Å². The summed E-state index contributed by atoms with van der Waals surface area (Å²) in [5.74, 6) is 0.0365. The van der Waals surface area contributed by atoms with Crippen LogP contribution in [0.15, 0.2) is 39.5 Å². The molecule has 0 bridgehead atoms. The predicted molar refractivity (Wildman–Crippen MR) is 121 cm³/mol. The van der Waals surface area contributed by atoms with Gasteiger partial charge in [-0.15, -0.1) is 0 Å². The third-order valence-electron chi connectivity index (χ3n) is 5.21. The molecule has 1 heterocycles. The van der Waals surface area contributed by atoms with Gasteiger partial charge in [0, 0.05) is 12.0 Å². The average Bonchev–Trinajstić information content (AvgIpc) is 2.76. The lowest BCUT2D eigenvalue weighted by Gasteiger charge is -2.19. The zero-order valence-corrected chi connectivity index (χ0v) is 18.7. The van der Waals surface area contributed by atoms with Gasteiger partial charge in [-0.05, 0) is 44.5 Å². The molecule has 0 saturated carbocycles. The van der Waals surface area contributed by atoms with Gasteiger partial charge < -0.3 is 24.1 Å². The van der Waals surface area contributed by atoms with Gasteiger partial charge in [0.1, 0.15) is 34.3 Å². The number of fused-ring (bicyclic) bond motifs is 1. The number of benzene rings is 2. The van der Waals surface area contributed by atoms with Gasteiger partial charge in [0.2, 0.25) is 0 Å². The average molecular weight is 451 g/mol. The first-order valence-electron chi connectivity index (χ1n) is 10.6. The maximum absolute atomic E-state index is 11.8. The Morgan fingerprint density at radius 2 is 1.94 bits per heavy atom. The Morgan fingerprint density at radius 1 is 1.18 bits per heavy atom. The van der Waals surface area contributed by atoms with E-state index in [1.165, 1.54) is 13.0 Å². The van der Waals surface area contributed by atoms with Crippen molar-refractivity contribution in [2.24, 2.45) is 0 Å². The van der Waals surface area contributed by atoms with Crippen molar-refractivity contribution in [2.45, 2.75) is 46.1 Å². The van der Waals surface area contributed by atoms with Crippen LogP contribution in [0, 0.1) is 11.3 Å². The van der Waals surface area contributed by atoms with Gasteiger partial charge in [-0.3, -0.25) is 4.79 Å². The number of rotatable bonds is 9. The van der Waals surface area contributed by atoms with Gasteiger partial charge in [0.15, 0.2) is 17.1 Å². The molecule has 0 aliphatic heterocycles. The highest BCUT2D eigenvalue weighted by molar-refractivity contribution is 5.97. The van der Waals surface area contributed by atoms with E-state index in [0.717, 1.165) is 6.42 Å².